The summed E-state index contributed by atoms with van der Waals surface area (Å²) in [5.41, 5.74) is -0.594. The van der Waals surface area contributed by atoms with Crippen LogP contribution in [0.3, 0.4) is 0 Å². The first-order chi connectivity index (χ1) is 9.54. The fraction of sp³-hybridized carbons (Fsp3) is 0.857. The molecule has 0 bridgehead atoms. The molecule has 1 heterocycles. The van der Waals surface area contributed by atoms with E-state index < -0.39 is 35.6 Å². The normalized spacial score (nSPS) is 22.6. The van der Waals surface area contributed by atoms with E-state index in [-0.39, 0.29) is 0 Å². The number of cyclic esters (lactones) is 1. The molecule has 0 aromatic carbocycles. The fourth-order valence-electron chi connectivity index (χ4n) is 1.83. The van der Waals surface area contributed by atoms with E-state index in [1.807, 2.05) is 6.92 Å². The molecule has 0 radical (unpaired) electrons. The third kappa shape index (κ3) is 6.13. The van der Waals surface area contributed by atoms with Crippen LogP contribution in [0.1, 0.15) is 41.5 Å². The van der Waals surface area contributed by atoms with Gasteiger partial charge in [-0.1, -0.05) is 6.92 Å². The van der Waals surface area contributed by atoms with E-state index in [2.05, 4.69) is 5.32 Å². The molecule has 21 heavy (non-hydrogen) atoms. The predicted molar refractivity (Wildman–Crippen MR) is 81.2 cm³/mol. The molecule has 1 N–H and O–H groups in total. The van der Waals surface area contributed by atoms with Crippen LogP contribution in [0.4, 0.5) is 4.79 Å². The Bertz CT molecular complexity index is 391. The number of alkyl carbamates (subject to hydrolysis) is 1. The average molecular weight is 319 g/mol. The van der Waals surface area contributed by atoms with E-state index in [0.29, 0.717) is 5.75 Å². The van der Waals surface area contributed by atoms with E-state index in [1.165, 1.54) is 0 Å². The van der Waals surface area contributed by atoms with Gasteiger partial charge in [-0.15, -0.1) is 0 Å². The maximum absolute atomic E-state index is 11.9. The summed E-state index contributed by atoms with van der Waals surface area (Å²) in [6.45, 7) is 10.7. The number of hydrogen-bond donors (Lipinski definition) is 1. The van der Waals surface area contributed by atoms with Crippen molar-refractivity contribution in [1.29, 1.82) is 0 Å². The number of carbonyl (C=O) groups excluding carboxylic acids is 2. The Kier molecular flexibility index (Phi) is 5.92. The van der Waals surface area contributed by atoms with E-state index in [0.717, 1.165) is 5.75 Å². The monoisotopic (exact) mass is 319 g/mol. The minimum atomic E-state index is -0.966. The van der Waals surface area contributed by atoms with Crippen LogP contribution in [-0.2, 0) is 19.0 Å². The number of thioether (sulfide) groups is 1. The molecule has 1 saturated heterocycles. The highest BCUT2D eigenvalue weighted by molar-refractivity contribution is 7.99. The van der Waals surface area contributed by atoms with Crippen molar-refractivity contribution in [3.05, 3.63) is 0 Å². The quantitative estimate of drug-likeness (QED) is 0.784. The minimum absolute atomic E-state index is 0.460. The Hall–Kier alpha value is -0.950. The predicted octanol–water partition coefficient (Wildman–Crippen LogP) is 2.31. The Labute approximate surface area is 130 Å². The smallest absolute Gasteiger partial charge is 0.408 e. The zero-order valence-electron chi connectivity index (χ0n) is 13.5. The number of nitrogens with one attached hydrogen (secondary N) is 1. The molecular weight excluding hydrogens is 294 g/mol. The van der Waals surface area contributed by atoms with Gasteiger partial charge >= 0.3 is 12.1 Å². The van der Waals surface area contributed by atoms with Crippen LogP contribution >= 0.6 is 11.8 Å². The molecule has 0 saturated carbocycles. The third-order valence-corrected chi connectivity index (χ3v) is 3.56. The molecule has 7 heteroatoms. The summed E-state index contributed by atoms with van der Waals surface area (Å²) in [7, 11) is 0. The molecule has 0 aromatic rings. The summed E-state index contributed by atoms with van der Waals surface area (Å²) in [5.74, 6) is -0.00630. The van der Waals surface area contributed by atoms with Gasteiger partial charge in [0.2, 0.25) is 5.79 Å². The summed E-state index contributed by atoms with van der Waals surface area (Å²) in [5, 5.41) is 2.71. The van der Waals surface area contributed by atoms with Gasteiger partial charge in [-0.2, -0.15) is 11.8 Å². The molecule has 1 aliphatic heterocycles. The van der Waals surface area contributed by atoms with Gasteiger partial charge in [0.05, 0.1) is 6.04 Å². The summed E-state index contributed by atoms with van der Waals surface area (Å²) in [6.07, 6.45) is -1.38. The lowest BCUT2D eigenvalue weighted by atomic mass is 10.2. The first-order valence-electron chi connectivity index (χ1n) is 7.02. The number of ether oxygens (including phenoxy) is 3. The summed E-state index contributed by atoms with van der Waals surface area (Å²) >= 11 is 1.61. The molecule has 0 aliphatic carbocycles. The second kappa shape index (κ2) is 6.87. The Morgan fingerprint density at radius 2 is 2.10 bits per heavy atom. The van der Waals surface area contributed by atoms with Gasteiger partial charge in [0, 0.05) is 19.6 Å². The lowest BCUT2D eigenvalue weighted by Crippen LogP contribution is -2.49. The Balaban J connectivity index is 2.72. The molecule has 1 fully saturated rings. The van der Waals surface area contributed by atoms with Gasteiger partial charge in [0.15, 0.2) is 6.10 Å². The van der Waals surface area contributed by atoms with Crippen LogP contribution in [0.2, 0.25) is 0 Å². The number of rotatable bonds is 5. The van der Waals surface area contributed by atoms with Crippen LogP contribution in [-0.4, -0.2) is 47.1 Å². The van der Waals surface area contributed by atoms with Crippen molar-refractivity contribution in [2.75, 3.05) is 11.5 Å². The van der Waals surface area contributed by atoms with Crippen LogP contribution in [0.15, 0.2) is 0 Å². The minimum Gasteiger partial charge on any atom is -0.444 e. The molecule has 2 atom stereocenters. The van der Waals surface area contributed by atoms with Gasteiger partial charge in [-0.25, -0.2) is 9.59 Å². The summed E-state index contributed by atoms with van der Waals surface area (Å²) in [4.78, 5) is 23.8. The third-order valence-electron chi connectivity index (χ3n) is 2.56. The highest BCUT2D eigenvalue weighted by Gasteiger charge is 2.45. The van der Waals surface area contributed by atoms with Gasteiger partial charge in [-0.05, 0) is 26.5 Å². The van der Waals surface area contributed by atoms with Gasteiger partial charge in [-0.3, -0.25) is 0 Å². The van der Waals surface area contributed by atoms with Crippen molar-refractivity contribution in [3.8, 4) is 0 Å². The number of hydrogen-bond acceptors (Lipinski definition) is 6. The maximum atomic E-state index is 11.9. The SMILES string of the molecule is CCSCC(NC(=O)OC(C)(C)C)C1OC(C)(C)OC1=O. The van der Waals surface area contributed by atoms with Crippen molar-refractivity contribution >= 4 is 23.8 Å². The summed E-state index contributed by atoms with van der Waals surface area (Å²) in [6, 6.07) is -0.487. The molecule has 1 amide bonds. The van der Waals surface area contributed by atoms with Gasteiger partial charge in [0.1, 0.15) is 5.60 Å². The molecular formula is C14H25NO5S. The Morgan fingerprint density at radius 3 is 2.52 bits per heavy atom. The van der Waals surface area contributed by atoms with Crippen LogP contribution in [0.5, 0.6) is 0 Å². The van der Waals surface area contributed by atoms with Crippen molar-refractivity contribution in [2.45, 2.75) is 65.1 Å². The number of carbonyl (C=O) groups is 2. The molecule has 1 rings (SSSR count). The highest BCUT2D eigenvalue weighted by atomic mass is 32.2. The second-order valence-electron chi connectivity index (χ2n) is 6.27. The van der Waals surface area contributed by atoms with E-state index >= 15 is 0 Å². The molecule has 122 valence electrons. The number of amides is 1. The Morgan fingerprint density at radius 1 is 1.48 bits per heavy atom. The molecule has 2 unspecified atom stereocenters. The second-order valence-corrected chi connectivity index (χ2v) is 7.59. The van der Waals surface area contributed by atoms with E-state index in [1.54, 1.807) is 46.4 Å². The van der Waals surface area contributed by atoms with Gasteiger partial charge in [0.25, 0.3) is 0 Å². The molecule has 6 nitrogen and oxygen atoms in total. The first kappa shape index (κ1) is 18.1. The van der Waals surface area contributed by atoms with Crippen molar-refractivity contribution in [3.63, 3.8) is 0 Å². The fourth-order valence-corrected chi connectivity index (χ4v) is 2.58. The first-order valence-corrected chi connectivity index (χ1v) is 8.17. The van der Waals surface area contributed by atoms with Crippen LogP contribution < -0.4 is 5.32 Å². The van der Waals surface area contributed by atoms with Crippen molar-refractivity contribution in [1.82, 2.24) is 5.32 Å². The maximum Gasteiger partial charge on any atom is 0.408 e. The van der Waals surface area contributed by atoms with Crippen molar-refractivity contribution < 1.29 is 23.8 Å². The standard InChI is InChI=1S/C14H25NO5S/c1-7-21-8-9(15-12(17)20-13(2,3)4)10-11(16)19-14(5,6)18-10/h9-10H,7-8H2,1-6H3,(H,15,17). The molecule has 0 aromatic heterocycles. The van der Waals surface area contributed by atoms with Crippen molar-refractivity contribution in [2.24, 2.45) is 0 Å². The topological polar surface area (TPSA) is 73.9 Å². The van der Waals surface area contributed by atoms with Crippen LogP contribution in [0.25, 0.3) is 0 Å². The highest BCUT2D eigenvalue weighted by Crippen LogP contribution is 2.27. The van der Waals surface area contributed by atoms with E-state index in [9.17, 15) is 9.59 Å². The zero-order chi connectivity index (χ0) is 16.3. The zero-order valence-corrected chi connectivity index (χ0v) is 14.3. The van der Waals surface area contributed by atoms with Crippen LogP contribution in [0, 0.1) is 0 Å². The lowest BCUT2D eigenvalue weighted by Gasteiger charge is -2.25. The number of esters is 1. The average Bonchev–Trinajstić information content (AvgIpc) is 2.55. The largest absolute Gasteiger partial charge is 0.444 e. The van der Waals surface area contributed by atoms with E-state index in [4.69, 9.17) is 14.2 Å². The molecule has 1 aliphatic rings. The van der Waals surface area contributed by atoms with Gasteiger partial charge < -0.3 is 19.5 Å². The lowest BCUT2D eigenvalue weighted by molar-refractivity contribution is -0.161. The summed E-state index contributed by atoms with van der Waals surface area (Å²) < 4.78 is 16.0. The molecule has 0 spiro atoms.